The Kier molecular flexibility index (Phi) is 8.24. The summed E-state index contributed by atoms with van der Waals surface area (Å²) < 4.78 is 21.5. The molecule has 0 heterocycles. The van der Waals surface area contributed by atoms with Crippen molar-refractivity contribution in [3.63, 3.8) is 0 Å². The van der Waals surface area contributed by atoms with E-state index >= 15 is 0 Å². The number of hydrogen-bond acceptors (Lipinski definition) is 4. The molecule has 27 heavy (non-hydrogen) atoms. The Bertz CT molecular complexity index is 671. The van der Waals surface area contributed by atoms with Gasteiger partial charge in [-0.3, -0.25) is 0 Å². The van der Waals surface area contributed by atoms with Gasteiger partial charge in [0.2, 0.25) is 0 Å². The highest BCUT2D eigenvalue weighted by atomic mass is 31.1. The van der Waals surface area contributed by atoms with Gasteiger partial charge < -0.3 is 18.9 Å². The maximum atomic E-state index is 5.41. The minimum absolute atomic E-state index is 0.609. The molecule has 0 radical (unpaired) electrons. The van der Waals surface area contributed by atoms with E-state index in [2.05, 4.69) is 38.1 Å². The largest absolute Gasteiger partial charge is 0.493 e. The molecule has 0 saturated heterocycles. The van der Waals surface area contributed by atoms with E-state index in [1.807, 2.05) is 12.1 Å². The Morgan fingerprint density at radius 3 is 1.33 bits per heavy atom. The minimum atomic E-state index is 0.609. The van der Waals surface area contributed by atoms with Crippen molar-refractivity contribution in [2.24, 2.45) is 0 Å². The Balaban J connectivity index is 1.94. The van der Waals surface area contributed by atoms with Crippen LogP contribution >= 0.6 is 8.58 Å². The molecule has 0 aliphatic rings. The van der Waals surface area contributed by atoms with Crippen LogP contribution in [0, 0.1) is 0 Å². The quantitative estimate of drug-likeness (QED) is 0.537. The summed E-state index contributed by atoms with van der Waals surface area (Å²) in [6, 6.07) is 12.4. The average Bonchev–Trinajstić information content (AvgIpc) is 2.67. The molecule has 0 aliphatic carbocycles. The van der Waals surface area contributed by atoms with E-state index in [1.165, 1.54) is 11.1 Å². The lowest BCUT2D eigenvalue weighted by atomic mass is 10.1. The fourth-order valence-corrected chi connectivity index (χ4v) is 5.00. The van der Waals surface area contributed by atoms with Gasteiger partial charge in [0, 0.05) is 0 Å². The van der Waals surface area contributed by atoms with E-state index in [9.17, 15) is 0 Å². The van der Waals surface area contributed by atoms with Crippen molar-refractivity contribution in [2.75, 3.05) is 28.4 Å². The Hall–Kier alpha value is -1.93. The Morgan fingerprint density at radius 2 is 1.00 bits per heavy atom. The summed E-state index contributed by atoms with van der Waals surface area (Å²) in [6.07, 6.45) is 2.07. The fraction of sp³-hybridized carbons (Fsp3) is 0.455. The van der Waals surface area contributed by atoms with Crippen LogP contribution in [0.25, 0.3) is 0 Å². The van der Waals surface area contributed by atoms with Crippen LogP contribution in [-0.2, 0) is 12.8 Å². The first-order valence-electron chi connectivity index (χ1n) is 9.18. The van der Waals surface area contributed by atoms with Crippen molar-refractivity contribution in [1.82, 2.24) is 0 Å². The Labute approximate surface area is 165 Å². The second-order valence-corrected chi connectivity index (χ2v) is 9.06. The highest BCUT2D eigenvalue weighted by molar-refractivity contribution is 7.39. The molecule has 0 bridgehead atoms. The van der Waals surface area contributed by atoms with Gasteiger partial charge in [0.25, 0.3) is 0 Å². The van der Waals surface area contributed by atoms with Crippen LogP contribution in [0.15, 0.2) is 36.4 Å². The van der Waals surface area contributed by atoms with Gasteiger partial charge in [-0.25, -0.2) is 0 Å². The van der Waals surface area contributed by atoms with Crippen LogP contribution in [0.1, 0.15) is 25.0 Å². The lowest BCUT2D eigenvalue weighted by Gasteiger charge is -2.19. The monoisotopic (exact) mass is 390 g/mol. The molecule has 2 atom stereocenters. The first-order valence-corrected chi connectivity index (χ1v) is 10.3. The maximum Gasteiger partial charge on any atom is 0.160 e. The average molecular weight is 390 g/mol. The normalized spacial score (nSPS) is 13.4. The molecule has 0 aliphatic heterocycles. The highest BCUT2D eigenvalue weighted by Gasteiger charge is 2.13. The zero-order chi connectivity index (χ0) is 19.8. The summed E-state index contributed by atoms with van der Waals surface area (Å²) in [6.45, 7) is 4.64. The third-order valence-electron chi connectivity index (χ3n) is 4.55. The maximum absolute atomic E-state index is 5.41. The van der Waals surface area contributed by atoms with Crippen molar-refractivity contribution < 1.29 is 18.9 Å². The molecular weight excluding hydrogens is 359 g/mol. The summed E-state index contributed by atoms with van der Waals surface area (Å²) >= 11 is 0. The zero-order valence-electron chi connectivity index (χ0n) is 17.2. The summed E-state index contributed by atoms with van der Waals surface area (Å²) in [5.74, 6) is 3.14. The molecule has 2 unspecified atom stereocenters. The number of hydrogen-bond donors (Lipinski definition) is 0. The molecular formula is C22H31O4P. The Morgan fingerprint density at radius 1 is 0.630 bits per heavy atom. The number of rotatable bonds is 10. The second kappa shape index (κ2) is 10.4. The van der Waals surface area contributed by atoms with Crippen LogP contribution in [0.4, 0.5) is 0 Å². The van der Waals surface area contributed by atoms with Crippen LogP contribution in [-0.4, -0.2) is 39.8 Å². The van der Waals surface area contributed by atoms with Gasteiger partial charge >= 0.3 is 0 Å². The molecule has 0 fully saturated rings. The van der Waals surface area contributed by atoms with E-state index in [4.69, 9.17) is 18.9 Å². The van der Waals surface area contributed by atoms with Gasteiger partial charge in [0.1, 0.15) is 0 Å². The van der Waals surface area contributed by atoms with Gasteiger partial charge in [-0.15, -0.1) is 8.58 Å². The van der Waals surface area contributed by atoms with Crippen molar-refractivity contribution in [3.05, 3.63) is 47.5 Å². The number of benzene rings is 2. The molecule has 0 N–H and O–H groups in total. The predicted molar refractivity (Wildman–Crippen MR) is 114 cm³/mol. The lowest BCUT2D eigenvalue weighted by molar-refractivity contribution is 0.354. The van der Waals surface area contributed by atoms with Crippen LogP contribution < -0.4 is 18.9 Å². The molecule has 148 valence electrons. The van der Waals surface area contributed by atoms with Crippen molar-refractivity contribution >= 4 is 8.58 Å². The van der Waals surface area contributed by atoms with E-state index in [0.29, 0.717) is 11.3 Å². The van der Waals surface area contributed by atoms with E-state index in [0.717, 1.165) is 44.4 Å². The number of ether oxygens (including phenoxy) is 4. The lowest BCUT2D eigenvalue weighted by Crippen LogP contribution is -2.08. The molecule has 2 aromatic carbocycles. The first kappa shape index (κ1) is 21.4. The molecule has 4 nitrogen and oxygen atoms in total. The minimum Gasteiger partial charge on any atom is -0.493 e. The van der Waals surface area contributed by atoms with Gasteiger partial charge in [0.15, 0.2) is 23.0 Å². The molecule has 0 saturated carbocycles. The summed E-state index contributed by atoms with van der Waals surface area (Å²) in [7, 11) is 7.56. The van der Waals surface area contributed by atoms with Crippen LogP contribution in [0.5, 0.6) is 23.0 Å². The van der Waals surface area contributed by atoms with Crippen molar-refractivity contribution in [2.45, 2.75) is 38.0 Å². The van der Waals surface area contributed by atoms with E-state index in [1.54, 1.807) is 28.4 Å². The summed E-state index contributed by atoms with van der Waals surface area (Å²) in [5, 5.41) is 0. The van der Waals surface area contributed by atoms with Gasteiger partial charge in [0.05, 0.1) is 28.4 Å². The smallest absolute Gasteiger partial charge is 0.160 e. The van der Waals surface area contributed by atoms with Gasteiger partial charge in [-0.05, 0) is 59.6 Å². The molecule has 5 heteroatoms. The zero-order valence-corrected chi connectivity index (χ0v) is 18.2. The van der Waals surface area contributed by atoms with Crippen LogP contribution in [0.2, 0.25) is 0 Å². The standard InChI is InChI=1S/C22H31O4P/c1-15(11-17-7-9-19(23-3)21(13-17)25-5)27-16(2)12-18-8-10-20(24-4)22(14-18)26-6/h7-10,13-16,27H,11-12H2,1-6H3. The SMILES string of the molecule is COc1ccc(CC(C)PC(C)Cc2ccc(OC)c(OC)c2)cc1OC. The molecule has 0 amide bonds. The third kappa shape index (κ3) is 6.04. The second-order valence-electron chi connectivity index (χ2n) is 6.76. The van der Waals surface area contributed by atoms with Gasteiger partial charge in [-0.2, -0.15) is 0 Å². The third-order valence-corrected chi connectivity index (χ3v) is 6.10. The molecule has 2 rings (SSSR count). The molecule has 0 aromatic heterocycles. The topological polar surface area (TPSA) is 36.9 Å². The van der Waals surface area contributed by atoms with Crippen molar-refractivity contribution in [1.29, 1.82) is 0 Å². The van der Waals surface area contributed by atoms with E-state index in [-0.39, 0.29) is 0 Å². The molecule has 2 aromatic rings. The van der Waals surface area contributed by atoms with E-state index < -0.39 is 0 Å². The summed E-state index contributed by atoms with van der Waals surface area (Å²) in [4.78, 5) is 0. The number of methoxy groups -OCH3 is 4. The van der Waals surface area contributed by atoms with Crippen LogP contribution in [0.3, 0.4) is 0 Å². The van der Waals surface area contributed by atoms with Crippen molar-refractivity contribution in [3.8, 4) is 23.0 Å². The highest BCUT2D eigenvalue weighted by Crippen LogP contribution is 2.34. The predicted octanol–water partition coefficient (Wildman–Crippen LogP) is 4.96. The molecule has 0 spiro atoms. The van der Waals surface area contributed by atoms with Gasteiger partial charge in [-0.1, -0.05) is 26.0 Å². The first-order chi connectivity index (χ1) is 13.0. The fourth-order valence-electron chi connectivity index (χ4n) is 3.33. The summed E-state index contributed by atoms with van der Waals surface area (Å²) in [5.41, 5.74) is 3.79.